The van der Waals surface area contributed by atoms with Crippen LogP contribution in [-0.2, 0) is 22.6 Å². The summed E-state index contributed by atoms with van der Waals surface area (Å²) in [5.41, 5.74) is 3.80. The van der Waals surface area contributed by atoms with E-state index in [9.17, 15) is 4.79 Å². The monoisotopic (exact) mass is 767 g/mol. The van der Waals surface area contributed by atoms with Gasteiger partial charge in [0.2, 0.25) is 5.16 Å². The average molecular weight is 769 g/mol. The van der Waals surface area contributed by atoms with Crippen molar-refractivity contribution in [2.45, 2.75) is 50.7 Å². The molecular formula is C36H43Cl2N9O4S. The number of thioether (sulfide) groups is 1. The van der Waals surface area contributed by atoms with E-state index in [1.807, 2.05) is 50.4 Å². The zero-order valence-corrected chi connectivity index (χ0v) is 31.8. The molecule has 1 saturated heterocycles. The molecule has 0 spiro atoms. The Morgan fingerprint density at radius 2 is 1.58 bits per heavy atom. The molecule has 52 heavy (non-hydrogen) atoms. The molecule has 3 heterocycles. The molecule has 0 amide bonds. The normalized spacial score (nSPS) is 14.5. The molecule has 2 atom stereocenters. The van der Waals surface area contributed by atoms with Crippen molar-refractivity contribution in [2.24, 2.45) is 0 Å². The van der Waals surface area contributed by atoms with Gasteiger partial charge in [0.05, 0.1) is 38.1 Å². The number of nitrogens with zero attached hydrogens (tertiary/aromatic N) is 9. The van der Waals surface area contributed by atoms with Crippen molar-refractivity contribution in [1.29, 1.82) is 0 Å². The summed E-state index contributed by atoms with van der Waals surface area (Å²) in [6, 6.07) is 21.7. The van der Waals surface area contributed by atoms with Gasteiger partial charge < -0.3 is 24.0 Å². The fraction of sp³-hybridized carbons (Fsp3) is 0.417. The van der Waals surface area contributed by atoms with Crippen LogP contribution in [0.1, 0.15) is 31.9 Å². The summed E-state index contributed by atoms with van der Waals surface area (Å²) in [4.78, 5) is 17.6. The van der Waals surface area contributed by atoms with Crippen LogP contribution < -0.4 is 20.2 Å². The molecule has 2 aromatic heterocycles. The highest BCUT2D eigenvalue weighted by molar-refractivity contribution is 7.98. The number of anilines is 2. The number of hydrogen-bond acceptors (Lipinski definition) is 11. The maximum atomic E-state index is 12.8. The maximum Gasteiger partial charge on any atom is 0.350 e. The van der Waals surface area contributed by atoms with Gasteiger partial charge in [-0.05, 0) is 96.3 Å². The predicted octanol–water partition coefficient (Wildman–Crippen LogP) is 6.03. The maximum absolute atomic E-state index is 12.8. The number of ether oxygens (including phenoxy) is 3. The Hall–Kier alpha value is -4.08. The Labute approximate surface area is 317 Å². The topological polar surface area (TPSA) is 118 Å². The molecule has 1 fully saturated rings. The molecule has 1 aliphatic heterocycles. The van der Waals surface area contributed by atoms with Crippen molar-refractivity contribution in [3.63, 3.8) is 0 Å². The second-order valence-corrected chi connectivity index (χ2v) is 14.0. The van der Waals surface area contributed by atoms with E-state index in [-0.39, 0.29) is 31.0 Å². The molecule has 0 saturated carbocycles. The van der Waals surface area contributed by atoms with Gasteiger partial charge in [-0.2, -0.15) is 5.10 Å². The van der Waals surface area contributed by atoms with E-state index in [0.717, 1.165) is 66.1 Å². The third kappa shape index (κ3) is 9.47. The lowest BCUT2D eigenvalue weighted by atomic mass is 10.2. The first-order valence-electron chi connectivity index (χ1n) is 17.3. The van der Waals surface area contributed by atoms with Crippen LogP contribution in [0.25, 0.3) is 5.69 Å². The second kappa shape index (κ2) is 18.1. The van der Waals surface area contributed by atoms with Crippen LogP contribution in [0.3, 0.4) is 0 Å². The minimum absolute atomic E-state index is 0.0617. The zero-order valence-electron chi connectivity index (χ0n) is 29.5. The van der Waals surface area contributed by atoms with E-state index in [1.165, 1.54) is 16.4 Å². The molecule has 5 aromatic rings. The number of piperazine rings is 1. The molecule has 1 unspecified atom stereocenters. The quantitative estimate of drug-likeness (QED) is 0.0816. The number of aromatic nitrogens is 7. The number of hydrogen-bond donors (Lipinski definition) is 0. The van der Waals surface area contributed by atoms with Crippen molar-refractivity contribution < 1.29 is 14.2 Å². The molecule has 0 radical (unpaired) electrons. The second-order valence-electron chi connectivity index (χ2n) is 12.4. The molecule has 0 bridgehead atoms. The highest BCUT2D eigenvalue weighted by Gasteiger charge is 2.19. The molecule has 6 rings (SSSR count). The highest BCUT2D eigenvalue weighted by atomic mass is 35.5. The number of tetrazole rings is 1. The minimum atomic E-state index is -0.356. The summed E-state index contributed by atoms with van der Waals surface area (Å²) in [5, 5.41) is 17.9. The number of rotatable bonds is 17. The Morgan fingerprint density at radius 3 is 2.23 bits per heavy atom. The average Bonchev–Trinajstić information content (AvgIpc) is 3.80. The number of halogens is 2. The van der Waals surface area contributed by atoms with Crippen molar-refractivity contribution >= 4 is 46.3 Å². The molecular weight excluding hydrogens is 725 g/mol. The van der Waals surface area contributed by atoms with Crippen molar-refractivity contribution in [3.05, 3.63) is 99.2 Å². The fourth-order valence-electron chi connectivity index (χ4n) is 5.80. The van der Waals surface area contributed by atoms with Crippen molar-refractivity contribution in [1.82, 2.24) is 34.6 Å². The summed E-state index contributed by atoms with van der Waals surface area (Å²) in [7, 11) is 0. The van der Waals surface area contributed by atoms with Gasteiger partial charge in [0.15, 0.2) is 0 Å². The molecule has 276 valence electrons. The van der Waals surface area contributed by atoms with E-state index >= 15 is 0 Å². The first-order valence-corrected chi connectivity index (χ1v) is 19.2. The molecule has 0 aliphatic carbocycles. The van der Waals surface area contributed by atoms with Gasteiger partial charge >= 0.3 is 5.69 Å². The summed E-state index contributed by atoms with van der Waals surface area (Å²) in [5.74, 6) is 0.743. The Kier molecular flexibility index (Phi) is 13.1. The minimum Gasteiger partial charge on any atom is -0.491 e. The largest absolute Gasteiger partial charge is 0.491 e. The molecule has 1 aliphatic rings. The summed E-state index contributed by atoms with van der Waals surface area (Å²) < 4.78 is 23.2. The smallest absolute Gasteiger partial charge is 0.350 e. The van der Waals surface area contributed by atoms with Gasteiger partial charge in [-0.15, -0.1) is 5.10 Å². The van der Waals surface area contributed by atoms with Gasteiger partial charge in [-0.25, -0.2) is 18.7 Å². The Morgan fingerprint density at radius 1 is 0.904 bits per heavy atom. The predicted molar refractivity (Wildman–Crippen MR) is 205 cm³/mol. The summed E-state index contributed by atoms with van der Waals surface area (Å²) >= 11 is 13.9. The molecule has 3 aromatic carbocycles. The Bertz CT molecular complexity index is 1930. The van der Waals surface area contributed by atoms with Crippen LogP contribution in [-0.4, -0.2) is 92.9 Å². The Balaban J connectivity index is 0.997. The number of benzene rings is 3. The van der Waals surface area contributed by atoms with E-state index in [0.29, 0.717) is 29.8 Å². The first-order chi connectivity index (χ1) is 25.3. The fourth-order valence-corrected chi connectivity index (χ4v) is 6.72. The lowest BCUT2D eigenvalue weighted by molar-refractivity contribution is -0.0466. The lowest BCUT2D eigenvalue weighted by Gasteiger charge is -2.37. The van der Waals surface area contributed by atoms with Crippen LogP contribution in [0.5, 0.6) is 5.75 Å². The highest BCUT2D eigenvalue weighted by Crippen LogP contribution is 2.25. The standard InChI is InChI=1S/C36H43Cl2N9O4S/c1-4-26(2)47-36(48)45(25-39-47)31-9-7-29(8-10-31)43-15-17-44(18-16-43)30-11-13-32(14-12-30)51-24-33(50-22-27-5-6-28(37)21-34(27)38)23-49-20-19-46-35(52-3)40-41-42-46/h5-14,21,25-26,33H,4,15-20,22-24H2,1-3H3/t26?,33-/m0/s1. The summed E-state index contributed by atoms with van der Waals surface area (Å²) in [6.45, 7) is 9.40. The van der Waals surface area contributed by atoms with Crippen LogP contribution in [0, 0.1) is 0 Å². The molecule has 0 N–H and O–H groups in total. The third-order valence-electron chi connectivity index (χ3n) is 9.03. The van der Waals surface area contributed by atoms with E-state index < -0.39 is 0 Å². The van der Waals surface area contributed by atoms with E-state index in [1.54, 1.807) is 27.7 Å². The van der Waals surface area contributed by atoms with E-state index in [4.69, 9.17) is 37.4 Å². The third-order valence-corrected chi connectivity index (χ3v) is 10.3. The van der Waals surface area contributed by atoms with Crippen LogP contribution >= 0.6 is 35.0 Å². The van der Waals surface area contributed by atoms with Gasteiger partial charge in [0.25, 0.3) is 0 Å². The van der Waals surface area contributed by atoms with E-state index in [2.05, 4.69) is 54.7 Å². The zero-order chi connectivity index (χ0) is 36.5. The van der Waals surface area contributed by atoms with Gasteiger partial charge in [0, 0.05) is 47.6 Å². The van der Waals surface area contributed by atoms with Gasteiger partial charge in [-0.3, -0.25) is 0 Å². The molecule has 13 nitrogen and oxygen atoms in total. The van der Waals surface area contributed by atoms with Gasteiger partial charge in [0.1, 0.15) is 24.8 Å². The SMILES string of the molecule is CCC(C)n1ncn(-c2ccc(N3CCN(c4ccc(OC[C@H](COCCn5nnnc5SC)OCc5ccc(Cl)cc5Cl)cc4)CC3)cc2)c1=O. The van der Waals surface area contributed by atoms with Crippen LogP contribution in [0.4, 0.5) is 11.4 Å². The van der Waals surface area contributed by atoms with Crippen molar-refractivity contribution in [3.8, 4) is 11.4 Å². The first kappa shape index (κ1) is 37.7. The van der Waals surface area contributed by atoms with Crippen molar-refractivity contribution in [2.75, 3.05) is 62.1 Å². The van der Waals surface area contributed by atoms with Crippen LogP contribution in [0.2, 0.25) is 10.0 Å². The van der Waals surface area contributed by atoms with Gasteiger partial charge in [-0.1, -0.05) is 48.0 Å². The summed E-state index contributed by atoms with van der Waals surface area (Å²) in [6.07, 6.45) is 4.02. The van der Waals surface area contributed by atoms with Crippen LogP contribution in [0.15, 0.2) is 83.0 Å². The lowest BCUT2D eigenvalue weighted by Crippen LogP contribution is -2.46. The molecule has 16 heteroatoms.